The van der Waals surface area contributed by atoms with Crippen molar-refractivity contribution in [3.63, 3.8) is 0 Å². The lowest BCUT2D eigenvalue weighted by Gasteiger charge is -2.36. The minimum atomic E-state index is 0.129. The summed E-state index contributed by atoms with van der Waals surface area (Å²) in [4.78, 5) is 26.8. The van der Waals surface area contributed by atoms with Crippen molar-refractivity contribution < 1.29 is 9.32 Å². The summed E-state index contributed by atoms with van der Waals surface area (Å²) < 4.78 is 5.20. The standard InChI is InChI=1S/C17H23N5O2/c1-12-6-3-4-7-13(12)22(2)15(23)9-8-14-20-17(21-24-14)16-18-10-5-11-19-16/h5,10-13H,3-4,6-9H2,1-2H3/t12-,13+/m0/s1. The molecule has 2 heterocycles. The number of hydrogen-bond acceptors (Lipinski definition) is 6. The number of hydrogen-bond donors (Lipinski definition) is 0. The van der Waals surface area contributed by atoms with Crippen molar-refractivity contribution in [2.24, 2.45) is 5.92 Å². The van der Waals surface area contributed by atoms with E-state index in [1.165, 1.54) is 19.3 Å². The Balaban J connectivity index is 1.55. The van der Waals surface area contributed by atoms with Crippen molar-refractivity contribution in [2.45, 2.75) is 51.5 Å². The molecule has 128 valence electrons. The topological polar surface area (TPSA) is 85.0 Å². The van der Waals surface area contributed by atoms with Crippen LogP contribution < -0.4 is 0 Å². The van der Waals surface area contributed by atoms with Crippen molar-refractivity contribution in [2.75, 3.05) is 7.05 Å². The number of aromatic nitrogens is 4. The summed E-state index contributed by atoms with van der Waals surface area (Å²) in [6.45, 7) is 2.23. The van der Waals surface area contributed by atoms with Crippen LogP contribution in [0.5, 0.6) is 0 Å². The minimum Gasteiger partial charge on any atom is -0.342 e. The van der Waals surface area contributed by atoms with Gasteiger partial charge in [0.1, 0.15) is 0 Å². The molecule has 0 aliphatic heterocycles. The third-order valence-corrected chi connectivity index (χ3v) is 4.74. The smallest absolute Gasteiger partial charge is 0.240 e. The summed E-state index contributed by atoms with van der Waals surface area (Å²) in [5.41, 5.74) is 0. The van der Waals surface area contributed by atoms with E-state index in [1.807, 2.05) is 11.9 Å². The van der Waals surface area contributed by atoms with Crippen molar-refractivity contribution in [3.8, 4) is 11.6 Å². The normalized spacial score (nSPS) is 20.8. The molecule has 1 aliphatic rings. The van der Waals surface area contributed by atoms with E-state index in [0.29, 0.717) is 42.3 Å². The molecule has 0 N–H and O–H groups in total. The Morgan fingerprint density at radius 3 is 2.75 bits per heavy atom. The van der Waals surface area contributed by atoms with Gasteiger partial charge in [0.15, 0.2) is 0 Å². The molecule has 7 nitrogen and oxygen atoms in total. The summed E-state index contributed by atoms with van der Waals surface area (Å²) >= 11 is 0. The first-order valence-corrected chi connectivity index (χ1v) is 8.51. The number of carbonyl (C=O) groups excluding carboxylic acids is 1. The summed E-state index contributed by atoms with van der Waals surface area (Å²) in [5.74, 6) is 1.91. The molecule has 7 heteroatoms. The molecule has 1 amide bonds. The van der Waals surface area contributed by atoms with Crippen LogP contribution in [-0.4, -0.2) is 44.0 Å². The number of nitrogens with zero attached hydrogens (tertiary/aromatic N) is 5. The Hall–Kier alpha value is -2.31. The molecule has 1 fully saturated rings. The lowest BCUT2D eigenvalue weighted by molar-refractivity contribution is -0.133. The van der Waals surface area contributed by atoms with E-state index >= 15 is 0 Å². The fraction of sp³-hybridized carbons (Fsp3) is 0.588. The van der Waals surface area contributed by atoms with Gasteiger partial charge in [0.05, 0.1) is 0 Å². The highest BCUT2D eigenvalue weighted by atomic mass is 16.5. The van der Waals surface area contributed by atoms with Gasteiger partial charge in [-0.15, -0.1) is 0 Å². The quantitative estimate of drug-likeness (QED) is 0.838. The van der Waals surface area contributed by atoms with Crippen molar-refractivity contribution in [1.82, 2.24) is 25.0 Å². The van der Waals surface area contributed by atoms with Crippen molar-refractivity contribution >= 4 is 5.91 Å². The van der Waals surface area contributed by atoms with E-state index in [9.17, 15) is 4.79 Å². The molecule has 1 aliphatic carbocycles. The van der Waals surface area contributed by atoms with Gasteiger partial charge in [-0.1, -0.05) is 24.9 Å². The van der Waals surface area contributed by atoms with Crippen LogP contribution in [0.25, 0.3) is 11.6 Å². The van der Waals surface area contributed by atoms with Gasteiger partial charge >= 0.3 is 0 Å². The molecule has 2 atom stereocenters. The van der Waals surface area contributed by atoms with Gasteiger partial charge in [-0.25, -0.2) is 9.97 Å². The summed E-state index contributed by atoms with van der Waals surface area (Å²) in [5, 5.41) is 3.88. The highest BCUT2D eigenvalue weighted by Gasteiger charge is 2.27. The Morgan fingerprint density at radius 2 is 2.00 bits per heavy atom. The Labute approximate surface area is 141 Å². The van der Waals surface area contributed by atoms with Crippen molar-refractivity contribution in [1.29, 1.82) is 0 Å². The lowest BCUT2D eigenvalue weighted by atomic mass is 9.85. The maximum atomic E-state index is 12.4. The summed E-state index contributed by atoms with van der Waals surface area (Å²) in [6, 6.07) is 2.08. The van der Waals surface area contributed by atoms with Crippen LogP contribution in [0.2, 0.25) is 0 Å². The molecule has 2 aromatic heterocycles. The van der Waals surface area contributed by atoms with E-state index < -0.39 is 0 Å². The van der Waals surface area contributed by atoms with E-state index in [-0.39, 0.29) is 5.91 Å². The minimum absolute atomic E-state index is 0.129. The number of rotatable bonds is 5. The zero-order valence-electron chi connectivity index (χ0n) is 14.2. The first kappa shape index (κ1) is 16.5. The summed E-state index contributed by atoms with van der Waals surface area (Å²) in [6.07, 6.45) is 8.83. The second-order valence-electron chi connectivity index (χ2n) is 6.42. The Bertz CT molecular complexity index is 673. The van der Waals surface area contributed by atoms with Crippen LogP contribution in [0.3, 0.4) is 0 Å². The molecule has 0 unspecified atom stereocenters. The Morgan fingerprint density at radius 1 is 1.25 bits per heavy atom. The Kier molecular flexibility index (Phi) is 5.17. The molecule has 0 saturated heterocycles. The second-order valence-corrected chi connectivity index (χ2v) is 6.42. The van der Waals surface area contributed by atoms with Crippen LogP contribution in [-0.2, 0) is 11.2 Å². The molecule has 24 heavy (non-hydrogen) atoms. The van der Waals surface area contributed by atoms with Crippen LogP contribution in [0.4, 0.5) is 0 Å². The number of aryl methyl sites for hydroxylation is 1. The van der Waals surface area contributed by atoms with Gasteiger partial charge in [0, 0.05) is 38.3 Å². The molecule has 3 rings (SSSR count). The number of amides is 1. The van der Waals surface area contributed by atoms with Gasteiger partial charge in [-0.2, -0.15) is 4.98 Å². The maximum Gasteiger partial charge on any atom is 0.240 e. The highest BCUT2D eigenvalue weighted by molar-refractivity contribution is 5.76. The third kappa shape index (κ3) is 3.77. The molecule has 1 saturated carbocycles. The van der Waals surface area contributed by atoms with Crippen LogP contribution in [0.1, 0.15) is 44.9 Å². The monoisotopic (exact) mass is 329 g/mol. The fourth-order valence-corrected chi connectivity index (χ4v) is 3.31. The second kappa shape index (κ2) is 7.51. The van der Waals surface area contributed by atoms with E-state index in [4.69, 9.17) is 4.52 Å². The molecule has 0 spiro atoms. The first-order chi connectivity index (χ1) is 11.6. The number of carbonyl (C=O) groups is 1. The van der Waals surface area contributed by atoms with Gasteiger partial charge < -0.3 is 9.42 Å². The van der Waals surface area contributed by atoms with Gasteiger partial charge in [0.2, 0.25) is 23.4 Å². The van der Waals surface area contributed by atoms with E-state index in [2.05, 4.69) is 27.0 Å². The predicted molar refractivity (Wildman–Crippen MR) is 87.8 cm³/mol. The SMILES string of the molecule is C[C@H]1CCCC[C@H]1N(C)C(=O)CCc1nc(-c2ncccn2)no1. The fourth-order valence-electron chi connectivity index (χ4n) is 3.31. The van der Waals surface area contributed by atoms with Crippen LogP contribution in [0.15, 0.2) is 23.0 Å². The molecule has 0 bridgehead atoms. The first-order valence-electron chi connectivity index (χ1n) is 8.51. The van der Waals surface area contributed by atoms with E-state index in [1.54, 1.807) is 18.5 Å². The third-order valence-electron chi connectivity index (χ3n) is 4.74. The van der Waals surface area contributed by atoms with Gasteiger partial charge in [0.25, 0.3) is 0 Å². The predicted octanol–water partition coefficient (Wildman–Crippen LogP) is 2.50. The van der Waals surface area contributed by atoms with Crippen LogP contribution >= 0.6 is 0 Å². The van der Waals surface area contributed by atoms with Crippen molar-refractivity contribution in [3.05, 3.63) is 24.4 Å². The highest BCUT2D eigenvalue weighted by Crippen LogP contribution is 2.27. The molecule has 2 aromatic rings. The zero-order chi connectivity index (χ0) is 16.9. The largest absolute Gasteiger partial charge is 0.342 e. The molecular weight excluding hydrogens is 306 g/mol. The zero-order valence-corrected chi connectivity index (χ0v) is 14.2. The van der Waals surface area contributed by atoms with Gasteiger partial charge in [-0.05, 0) is 24.8 Å². The molecular formula is C17H23N5O2. The van der Waals surface area contributed by atoms with Gasteiger partial charge in [-0.3, -0.25) is 4.79 Å². The van der Waals surface area contributed by atoms with E-state index in [0.717, 1.165) is 6.42 Å². The van der Waals surface area contributed by atoms with Crippen LogP contribution in [0, 0.1) is 5.92 Å². The average Bonchev–Trinajstić information content (AvgIpc) is 3.09. The molecule has 0 radical (unpaired) electrons. The lowest BCUT2D eigenvalue weighted by Crippen LogP contribution is -2.42. The average molecular weight is 329 g/mol. The maximum absolute atomic E-state index is 12.4. The summed E-state index contributed by atoms with van der Waals surface area (Å²) in [7, 11) is 1.91. The molecule has 0 aromatic carbocycles.